The molecule has 0 unspecified atom stereocenters. The number of hydrogen-bond donors (Lipinski definition) is 2. The number of anilines is 1. The molecular weight excluding hydrogens is 551 g/mol. The predicted molar refractivity (Wildman–Crippen MR) is 130 cm³/mol. The first-order valence-corrected chi connectivity index (χ1v) is 11.2. The van der Waals surface area contributed by atoms with Gasteiger partial charge in [0.25, 0.3) is 0 Å². The molecule has 3 aromatic rings. The number of carbonyl (C=O) groups excluding carboxylic acids is 2. The van der Waals surface area contributed by atoms with E-state index >= 15 is 0 Å². The monoisotopic (exact) mass is 567 g/mol. The Balaban J connectivity index is 1.49. The number of benzene rings is 3. The molecule has 0 aliphatic heterocycles. The lowest BCUT2D eigenvalue weighted by Crippen LogP contribution is -2.24. The first kappa shape index (κ1) is 26.2. The number of hydrogen-bond acceptors (Lipinski definition) is 4. The zero-order valence-corrected chi connectivity index (χ0v) is 20.2. The predicted octanol–water partition coefficient (Wildman–Crippen LogP) is 6.18. The van der Waals surface area contributed by atoms with Crippen molar-refractivity contribution in [2.45, 2.75) is 19.2 Å². The molecule has 6 nitrogen and oxygen atoms in total. The number of rotatable bonds is 8. The molecule has 2 amide bonds. The van der Waals surface area contributed by atoms with Crippen molar-refractivity contribution in [2.75, 3.05) is 5.32 Å². The van der Waals surface area contributed by atoms with Crippen molar-refractivity contribution in [3.8, 4) is 5.75 Å². The van der Waals surface area contributed by atoms with E-state index in [2.05, 4.69) is 31.8 Å². The van der Waals surface area contributed by atoms with Gasteiger partial charge in [0, 0.05) is 16.3 Å². The highest BCUT2D eigenvalue weighted by Crippen LogP contribution is 2.30. The van der Waals surface area contributed by atoms with Crippen molar-refractivity contribution in [3.63, 3.8) is 0 Å². The summed E-state index contributed by atoms with van der Waals surface area (Å²) in [6, 6.07) is 16.6. The van der Waals surface area contributed by atoms with Gasteiger partial charge in [-0.3, -0.25) is 9.59 Å². The zero-order valence-electron chi connectivity index (χ0n) is 17.9. The van der Waals surface area contributed by atoms with Gasteiger partial charge in [-0.25, -0.2) is 5.43 Å². The minimum absolute atomic E-state index is 0.0668. The first-order valence-electron chi connectivity index (χ1n) is 10.1. The van der Waals surface area contributed by atoms with Crippen molar-refractivity contribution in [3.05, 3.63) is 92.9 Å². The van der Waals surface area contributed by atoms with E-state index in [-0.39, 0.29) is 12.3 Å². The third-order valence-corrected chi connectivity index (χ3v) is 5.48. The second-order valence-electron chi connectivity index (χ2n) is 7.17. The Bertz CT molecular complexity index is 1250. The van der Waals surface area contributed by atoms with Gasteiger partial charge in [0.1, 0.15) is 18.8 Å². The minimum atomic E-state index is -4.54. The fourth-order valence-corrected chi connectivity index (χ4v) is 3.53. The Morgan fingerprint density at radius 3 is 2.51 bits per heavy atom. The van der Waals surface area contributed by atoms with E-state index < -0.39 is 30.0 Å². The summed E-state index contributed by atoms with van der Waals surface area (Å²) in [5.41, 5.74) is 2.70. The van der Waals surface area contributed by atoms with Gasteiger partial charge >= 0.3 is 6.18 Å². The maximum Gasteiger partial charge on any atom is 0.416 e. The van der Waals surface area contributed by atoms with Crippen LogP contribution in [0.25, 0.3) is 0 Å². The van der Waals surface area contributed by atoms with Gasteiger partial charge in [-0.15, -0.1) is 0 Å². The Morgan fingerprint density at radius 1 is 1.03 bits per heavy atom. The third kappa shape index (κ3) is 8.11. The van der Waals surface area contributed by atoms with E-state index in [0.717, 1.165) is 23.8 Å². The fraction of sp³-hybridized carbons (Fsp3) is 0.125. The lowest BCUT2D eigenvalue weighted by molar-refractivity contribution is -0.137. The molecule has 3 aromatic carbocycles. The molecule has 182 valence electrons. The maximum absolute atomic E-state index is 12.8. The Morgan fingerprint density at radius 2 is 1.80 bits per heavy atom. The lowest BCUT2D eigenvalue weighted by Gasteiger charge is -2.10. The number of alkyl halides is 3. The number of carbonyl (C=O) groups is 2. The number of nitrogens with one attached hydrogen (secondary N) is 2. The van der Waals surface area contributed by atoms with Gasteiger partial charge in [0.05, 0.1) is 16.3 Å². The van der Waals surface area contributed by atoms with Crippen LogP contribution in [0.1, 0.15) is 23.1 Å². The van der Waals surface area contributed by atoms with Gasteiger partial charge < -0.3 is 10.1 Å². The van der Waals surface area contributed by atoms with Crippen LogP contribution in [0.15, 0.2) is 76.3 Å². The third-order valence-electron chi connectivity index (χ3n) is 4.49. The van der Waals surface area contributed by atoms with Crippen LogP contribution in [0.2, 0.25) is 5.02 Å². The molecule has 0 aromatic heterocycles. The molecule has 3 rings (SSSR count). The smallest absolute Gasteiger partial charge is 0.416 e. The molecule has 0 spiro atoms. The van der Waals surface area contributed by atoms with Crippen LogP contribution in [-0.4, -0.2) is 18.0 Å². The van der Waals surface area contributed by atoms with Crippen molar-refractivity contribution >= 4 is 51.2 Å². The average Bonchev–Trinajstić information content (AvgIpc) is 2.79. The highest BCUT2D eigenvalue weighted by molar-refractivity contribution is 9.10. The molecule has 0 saturated heterocycles. The molecule has 35 heavy (non-hydrogen) atoms. The molecule has 0 fully saturated rings. The summed E-state index contributed by atoms with van der Waals surface area (Å²) < 4.78 is 44.7. The molecule has 0 radical (unpaired) electrons. The molecule has 0 bridgehead atoms. The highest BCUT2D eigenvalue weighted by Gasteiger charge is 2.30. The van der Waals surface area contributed by atoms with Crippen molar-refractivity contribution < 1.29 is 27.5 Å². The topological polar surface area (TPSA) is 79.8 Å². The summed E-state index contributed by atoms with van der Waals surface area (Å²) >= 11 is 9.53. The number of halogens is 5. The van der Waals surface area contributed by atoms with E-state index in [1.165, 1.54) is 12.3 Å². The van der Waals surface area contributed by atoms with E-state index in [4.69, 9.17) is 16.3 Å². The Hall–Kier alpha value is -3.37. The SMILES string of the molecule is O=C(CC(=O)Nc1cccc(C(F)(F)F)c1)NN=Cc1ccc(OCc2ccccc2Cl)c(Br)c1. The molecule has 0 saturated carbocycles. The second-order valence-corrected chi connectivity index (χ2v) is 8.43. The largest absolute Gasteiger partial charge is 0.488 e. The molecule has 2 N–H and O–H groups in total. The molecule has 0 aliphatic rings. The zero-order chi connectivity index (χ0) is 25.4. The van der Waals surface area contributed by atoms with Crippen molar-refractivity contribution in [2.24, 2.45) is 5.10 Å². The normalized spacial score (nSPS) is 11.3. The van der Waals surface area contributed by atoms with E-state index in [0.29, 0.717) is 20.8 Å². The molecule has 11 heteroatoms. The van der Waals surface area contributed by atoms with Crippen LogP contribution in [-0.2, 0) is 22.4 Å². The summed E-state index contributed by atoms with van der Waals surface area (Å²) in [7, 11) is 0. The van der Waals surface area contributed by atoms with Gasteiger partial charge in [-0.2, -0.15) is 18.3 Å². The number of hydrazone groups is 1. The van der Waals surface area contributed by atoms with Crippen LogP contribution < -0.4 is 15.5 Å². The van der Waals surface area contributed by atoms with E-state index in [9.17, 15) is 22.8 Å². The quantitative estimate of drug-likeness (QED) is 0.194. The van der Waals surface area contributed by atoms with Crippen LogP contribution >= 0.6 is 27.5 Å². The van der Waals surface area contributed by atoms with E-state index in [1.807, 2.05) is 18.2 Å². The Kier molecular flexibility index (Phi) is 8.89. The highest BCUT2D eigenvalue weighted by atomic mass is 79.9. The second kappa shape index (κ2) is 11.9. The molecule has 0 heterocycles. The Labute approximate surface area is 212 Å². The standard InChI is InChI=1S/C24H18BrClF3N3O3/c25-19-10-15(8-9-21(19)35-14-16-4-1-2-7-20(16)26)13-30-32-23(34)12-22(33)31-18-6-3-5-17(11-18)24(27,28)29/h1-11,13H,12,14H2,(H,31,33)(H,32,34). The molecule has 0 aliphatic carbocycles. The number of nitrogens with zero attached hydrogens (tertiary/aromatic N) is 1. The number of ether oxygens (including phenoxy) is 1. The van der Waals surface area contributed by atoms with Crippen LogP contribution in [0.4, 0.5) is 18.9 Å². The van der Waals surface area contributed by atoms with E-state index in [1.54, 1.807) is 24.3 Å². The minimum Gasteiger partial charge on any atom is -0.488 e. The summed E-state index contributed by atoms with van der Waals surface area (Å²) in [5, 5.41) is 6.65. The van der Waals surface area contributed by atoms with Crippen molar-refractivity contribution in [1.82, 2.24) is 5.43 Å². The summed E-state index contributed by atoms with van der Waals surface area (Å²) in [4.78, 5) is 23.9. The van der Waals surface area contributed by atoms with Gasteiger partial charge in [0.2, 0.25) is 11.8 Å². The average molecular weight is 569 g/mol. The lowest BCUT2D eigenvalue weighted by atomic mass is 10.2. The summed E-state index contributed by atoms with van der Waals surface area (Å²) in [5.74, 6) is -0.929. The van der Waals surface area contributed by atoms with Gasteiger partial charge in [0.15, 0.2) is 0 Å². The maximum atomic E-state index is 12.8. The summed E-state index contributed by atoms with van der Waals surface area (Å²) in [6.45, 7) is 0.282. The summed E-state index contributed by atoms with van der Waals surface area (Å²) in [6.07, 6.45) is -3.79. The fourth-order valence-electron chi connectivity index (χ4n) is 2.83. The molecular formula is C24H18BrClF3N3O3. The van der Waals surface area contributed by atoms with Crippen LogP contribution in [0.3, 0.4) is 0 Å². The van der Waals surface area contributed by atoms with Gasteiger partial charge in [-0.1, -0.05) is 35.9 Å². The number of amides is 2. The first-order chi connectivity index (χ1) is 16.6. The van der Waals surface area contributed by atoms with Gasteiger partial charge in [-0.05, 0) is 64.0 Å². The van der Waals surface area contributed by atoms with Crippen molar-refractivity contribution in [1.29, 1.82) is 0 Å². The van der Waals surface area contributed by atoms with Crippen LogP contribution in [0.5, 0.6) is 5.75 Å². The van der Waals surface area contributed by atoms with Crippen LogP contribution in [0, 0.1) is 0 Å². The molecule has 0 atom stereocenters.